The van der Waals surface area contributed by atoms with Gasteiger partial charge in [-0.25, -0.2) is 9.67 Å². The third kappa shape index (κ3) is 2.72. The zero-order chi connectivity index (χ0) is 13.9. The minimum Gasteiger partial charge on any atom is -0.380 e. The molecule has 0 fully saturated rings. The molecule has 0 bridgehead atoms. The van der Waals surface area contributed by atoms with Crippen LogP contribution in [0.5, 0.6) is 0 Å². The number of aryl methyl sites for hydroxylation is 2. The van der Waals surface area contributed by atoms with Crippen LogP contribution in [0.25, 0.3) is 5.69 Å². The Morgan fingerprint density at radius 1 is 1.20 bits per heavy atom. The van der Waals surface area contributed by atoms with Gasteiger partial charge in [0.05, 0.1) is 22.9 Å². The lowest BCUT2D eigenvalue weighted by atomic mass is 10.2. The molecule has 0 amide bonds. The van der Waals surface area contributed by atoms with E-state index in [-0.39, 0.29) is 0 Å². The van der Waals surface area contributed by atoms with Crippen LogP contribution in [0.3, 0.4) is 0 Å². The molecule has 0 unspecified atom stereocenters. The summed E-state index contributed by atoms with van der Waals surface area (Å²) in [6.07, 6.45) is 3.72. The molecular formula is C15H16N4S. The lowest BCUT2D eigenvalue weighted by molar-refractivity contribution is 0.880. The van der Waals surface area contributed by atoms with Crippen molar-refractivity contribution in [2.24, 2.45) is 0 Å². The Labute approximate surface area is 122 Å². The second kappa shape index (κ2) is 5.46. The van der Waals surface area contributed by atoms with Crippen molar-refractivity contribution in [2.75, 3.05) is 5.32 Å². The molecule has 0 saturated heterocycles. The van der Waals surface area contributed by atoms with E-state index in [1.165, 1.54) is 4.88 Å². The number of nitrogens with one attached hydrogen (secondary N) is 1. The first-order chi connectivity index (χ1) is 9.72. The Bertz CT molecular complexity index is 683. The number of aromatic nitrogens is 3. The van der Waals surface area contributed by atoms with Gasteiger partial charge in [-0.3, -0.25) is 0 Å². The fraction of sp³-hybridized carbons (Fsp3) is 0.200. The smallest absolute Gasteiger partial charge is 0.0900 e. The predicted molar refractivity (Wildman–Crippen MR) is 82.5 cm³/mol. The van der Waals surface area contributed by atoms with Crippen molar-refractivity contribution in [3.8, 4) is 5.69 Å². The van der Waals surface area contributed by atoms with Crippen molar-refractivity contribution < 1.29 is 0 Å². The van der Waals surface area contributed by atoms with Crippen molar-refractivity contribution in [3.05, 3.63) is 58.3 Å². The lowest BCUT2D eigenvalue weighted by Gasteiger charge is -2.07. The first-order valence-corrected chi connectivity index (χ1v) is 7.31. The molecule has 5 heteroatoms. The van der Waals surface area contributed by atoms with Crippen molar-refractivity contribution >= 4 is 17.0 Å². The Morgan fingerprint density at radius 3 is 2.60 bits per heavy atom. The van der Waals surface area contributed by atoms with Gasteiger partial charge in [-0.2, -0.15) is 5.10 Å². The van der Waals surface area contributed by atoms with Crippen LogP contribution in [0, 0.1) is 13.8 Å². The number of benzene rings is 1. The molecule has 0 aliphatic carbocycles. The van der Waals surface area contributed by atoms with E-state index in [4.69, 9.17) is 0 Å². The molecule has 0 aliphatic heterocycles. The molecule has 1 N–H and O–H groups in total. The number of hydrogen-bond donors (Lipinski definition) is 1. The summed E-state index contributed by atoms with van der Waals surface area (Å²) >= 11 is 1.75. The van der Waals surface area contributed by atoms with Crippen molar-refractivity contribution in [2.45, 2.75) is 20.4 Å². The van der Waals surface area contributed by atoms with E-state index in [9.17, 15) is 0 Å². The third-order valence-corrected chi connectivity index (χ3v) is 4.16. The number of anilines is 1. The van der Waals surface area contributed by atoms with Crippen LogP contribution in [-0.4, -0.2) is 14.8 Å². The highest BCUT2D eigenvalue weighted by Gasteiger charge is 2.04. The van der Waals surface area contributed by atoms with Crippen molar-refractivity contribution in [1.82, 2.24) is 14.8 Å². The summed E-state index contributed by atoms with van der Waals surface area (Å²) in [7, 11) is 0. The second-order valence-electron chi connectivity index (χ2n) is 4.59. The lowest BCUT2D eigenvalue weighted by Crippen LogP contribution is -2.00. The van der Waals surface area contributed by atoms with E-state index in [1.54, 1.807) is 17.5 Å². The maximum atomic E-state index is 4.44. The highest BCUT2D eigenvalue weighted by atomic mass is 32.1. The van der Waals surface area contributed by atoms with Crippen LogP contribution < -0.4 is 5.32 Å². The first-order valence-electron chi connectivity index (χ1n) is 6.49. The summed E-state index contributed by atoms with van der Waals surface area (Å²) in [6.45, 7) is 4.92. The van der Waals surface area contributed by atoms with Gasteiger partial charge in [0.25, 0.3) is 0 Å². The Hall–Kier alpha value is -2.14. The summed E-state index contributed by atoms with van der Waals surface area (Å²) in [5.41, 5.74) is 3.28. The largest absolute Gasteiger partial charge is 0.380 e. The van der Waals surface area contributed by atoms with Crippen LogP contribution >= 0.6 is 11.3 Å². The predicted octanol–water partition coefficient (Wildman–Crippen LogP) is 3.56. The number of hydrogen-bond acceptors (Lipinski definition) is 4. The molecule has 2 heterocycles. The van der Waals surface area contributed by atoms with Gasteiger partial charge in [-0.15, -0.1) is 11.3 Å². The maximum Gasteiger partial charge on any atom is 0.0900 e. The minimum atomic E-state index is 0.818. The molecule has 2 aromatic heterocycles. The molecule has 3 aromatic rings. The summed E-state index contributed by atoms with van der Waals surface area (Å²) < 4.78 is 1.85. The summed E-state index contributed by atoms with van der Waals surface area (Å²) in [6, 6.07) is 10.2. The minimum absolute atomic E-state index is 0.818. The van der Waals surface area contributed by atoms with E-state index in [2.05, 4.69) is 46.6 Å². The molecule has 0 aliphatic rings. The molecule has 20 heavy (non-hydrogen) atoms. The van der Waals surface area contributed by atoms with E-state index < -0.39 is 0 Å². The molecule has 0 radical (unpaired) electrons. The van der Waals surface area contributed by atoms with E-state index in [0.29, 0.717) is 0 Å². The van der Waals surface area contributed by atoms with Crippen LogP contribution in [-0.2, 0) is 6.54 Å². The van der Waals surface area contributed by atoms with E-state index >= 15 is 0 Å². The topological polar surface area (TPSA) is 42.7 Å². The Balaban J connectivity index is 1.68. The quantitative estimate of drug-likeness (QED) is 0.796. The number of thiazole rings is 1. The molecule has 1 aromatic carbocycles. The molecule has 102 valence electrons. The van der Waals surface area contributed by atoms with Gasteiger partial charge in [0, 0.05) is 23.0 Å². The van der Waals surface area contributed by atoms with Crippen molar-refractivity contribution in [1.29, 1.82) is 0 Å². The maximum absolute atomic E-state index is 4.44. The highest BCUT2D eigenvalue weighted by Crippen LogP contribution is 2.19. The molecule has 4 nitrogen and oxygen atoms in total. The fourth-order valence-corrected chi connectivity index (χ4v) is 2.95. The molecule has 0 spiro atoms. The van der Waals surface area contributed by atoms with Crippen LogP contribution in [0.1, 0.15) is 15.6 Å². The monoisotopic (exact) mass is 284 g/mol. The average molecular weight is 284 g/mol. The van der Waals surface area contributed by atoms with Gasteiger partial charge in [0.15, 0.2) is 0 Å². The zero-order valence-electron chi connectivity index (χ0n) is 11.5. The van der Waals surface area contributed by atoms with Gasteiger partial charge < -0.3 is 5.32 Å². The van der Waals surface area contributed by atoms with Crippen LogP contribution in [0.15, 0.2) is 42.7 Å². The summed E-state index contributed by atoms with van der Waals surface area (Å²) in [4.78, 5) is 5.73. The molecular weight excluding hydrogens is 268 g/mol. The van der Waals surface area contributed by atoms with Gasteiger partial charge in [-0.1, -0.05) is 0 Å². The Morgan fingerprint density at radius 2 is 2.00 bits per heavy atom. The van der Waals surface area contributed by atoms with E-state index in [1.807, 2.05) is 23.9 Å². The van der Waals surface area contributed by atoms with Gasteiger partial charge in [-0.05, 0) is 44.2 Å². The third-order valence-electron chi connectivity index (χ3n) is 3.09. The van der Waals surface area contributed by atoms with Gasteiger partial charge in [0.2, 0.25) is 0 Å². The number of rotatable bonds is 4. The summed E-state index contributed by atoms with van der Waals surface area (Å²) in [5.74, 6) is 0. The van der Waals surface area contributed by atoms with Gasteiger partial charge in [0.1, 0.15) is 0 Å². The average Bonchev–Trinajstić information content (AvgIpc) is 3.07. The normalized spacial score (nSPS) is 10.7. The first kappa shape index (κ1) is 12.9. The number of nitrogens with zero attached hydrogens (tertiary/aromatic N) is 3. The standard InChI is InChI=1S/C15H16N4S/c1-11-15(20-12(2)18-11)10-16-13-4-6-14(7-5-13)19-9-3-8-17-19/h3-9,16H,10H2,1-2H3. The fourth-order valence-electron chi connectivity index (χ4n) is 2.07. The highest BCUT2D eigenvalue weighted by molar-refractivity contribution is 7.11. The molecule has 0 saturated carbocycles. The SMILES string of the molecule is Cc1nc(C)c(CNc2ccc(-n3cccn3)cc2)s1. The zero-order valence-corrected chi connectivity index (χ0v) is 12.3. The Kier molecular flexibility index (Phi) is 3.52. The summed E-state index contributed by atoms with van der Waals surface area (Å²) in [5, 5.41) is 8.76. The van der Waals surface area contributed by atoms with Gasteiger partial charge >= 0.3 is 0 Å². The van der Waals surface area contributed by atoms with Crippen LogP contribution in [0.2, 0.25) is 0 Å². The second-order valence-corrected chi connectivity index (χ2v) is 5.88. The van der Waals surface area contributed by atoms with Crippen molar-refractivity contribution in [3.63, 3.8) is 0 Å². The molecule has 3 rings (SSSR count). The molecule has 0 atom stereocenters. The van der Waals surface area contributed by atoms with E-state index in [0.717, 1.165) is 28.6 Å². The van der Waals surface area contributed by atoms with Crippen LogP contribution in [0.4, 0.5) is 5.69 Å².